The average molecular weight is 378 g/mol. The second-order valence-electron chi connectivity index (χ2n) is 5.67. The topological polar surface area (TPSA) is 67.9 Å². The molecule has 0 radical (unpaired) electrons. The molecule has 27 heavy (non-hydrogen) atoms. The van der Waals surface area contributed by atoms with Crippen molar-refractivity contribution in [3.8, 4) is 11.5 Å². The second-order valence-corrected chi connectivity index (χ2v) is 5.67. The summed E-state index contributed by atoms with van der Waals surface area (Å²) in [6.07, 6.45) is 0. The lowest BCUT2D eigenvalue weighted by molar-refractivity contribution is -0.123. The summed E-state index contributed by atoms with van der Waals surface area (Å²) in [6.45, 7) is 1.11. The van der Waals surface area contributed by atoms with Gasteiger partial charge in [0.2, 0.25) is 11.8 Å². The Kier molecular flexibility index (Phi) is 6.70. The van der Waals surface area contributed by atoms with Crippen molar-refractivity contribution in [3.63, 3.8) is 0 Å². The van der Waals surface area contributed by atoms with Crippen LogP contribution in [-0.4, -0.2) is 32.6 Å². The van der Waals surface area contributed by atoms with E-state index in [4.69, 9.17) is 9.47 Å². The van der Waals surface area contributed by atoms with Crippen molar-refractivity contribution >= 4 is 17.5 Å². The van der Waals surface area contributed by atoms with Crippen LogP contribution in [0.15, 0.2) is 36.4 Å². The van der Waals surface area contributed by atoms with Gasteiger partial charge < -0.3 is 19.7 Å². The number of carbonyl (C=O) groups excluding carboxylic acids is 2. The van der Waals surface area contributed by atoms with E-state index in [-0.39, 0.29) is 18.8 Å². The molecule has 8 heteroatoms. The van der Waals surface area contributed by atoms with Gasteiger partial charge in [-0.1, -0.05) is 6.07 Å². The Morgan fingerprint density at radius 1 is 1.00 bits per heavy atom. The fourth-order valence-corrected chi connectivity index (χ4v) is 2.43. The molecule has 2 amide bonds. The maximum absolute atomic E-state index is 13.4. The highest BCUT2D eigenvalue weighted by Gasteiger charge is 2.17. The maximum atomic E-state index is 13.4. The fourth-order valence-electron chi connectivity index (χ4n) is 2.43. The van der Waals surface area contributed by atoms with E-state index in [1.165, 1.54) is 27.2 Å². The quantitative estimate of drug-likeness (QED) is 0.804. The lowest BCUT2D eigenvalue weighted by atomic mass is 10.2. The van der Waals surface area contributed by atoms with Gasteiger partial charge in [0.05, 0.1) is 14.2 Å². The van der Waals surface area contributed by atoms with E-state index in [9.17, 15) is 18.4 Å². The molecule has 0 heterocycles. The number of carbonyl (C=O) groups is 2. The summed E-state index contributed by atoms with van der Waals surface area (Å²) >= 11 is 0. The van der Waals surface area contributed by atoms with E-state index < -0.39 is 23.4 Å². The number of nitrogens with one attached hydrogen (secondary N) is 1. The second kappa shape index (κ2) is 8.98. The number of nitrogens with zero attached hydrogens (tertiary/aromatic N) is 1. The zero-order valence-corrected chi connectivity index (χ0v) is 15.2. The van der Waals surface area contributed by atoms with Crippen LogP contribution in [0, 0.1) is 11.6 Å². The SMILES string of the molecule is COc1ccc(CNC(=O)CN(C(C)=O)c2ccc(F)c(F)c2)cc1OC. The molecule has 6 nitrogen and oxygen atoms in total. The summed E-state index contributed by atoms with van der Waals surface area (Å²) < 4.78 is 36.8. The third-order valence-corrected chi connectivity index (χ3v) is 3.83. The first-order valence-corrected chi connectivity index (χ1v) is 8.06. The Bertz CT molecular complexity index is 842. The molecule has 1 N–H and O–H groups in total. The maximum Gasteiger partial charge on any atom is 0.240 e. The van der Waals surface area contributed by atoms with Crippen LogP contribution in [0.25, 0.3) is 0 Å². The van der Waals surface area contributed by atoms with Crippen LogP contribution >= 0.6 is 0 Å². The molecule has 0 bridgehead atoms. The minimum atomic E-state index is -1.09. The molecule has 0 unspecified atom stereocenters. The molecule has 0 aliphatic carbocycles. The molecule has 0 aliphatic rings. The highest BCUT2D eigenvalue weighted by atomic mass is 19.2. The zero-order valence-electron chi connectivity index (χ0n) is 15.2. The summed E-state index contributed by atoms with van der Waals surface area (Å²) in [5.74, 6) is -1.96. The number of benzene rings is 2. The van der Waals surface area contributed by atoms with Crippen LogP contribution in [0.1, 0.15) is 12.5 Å². The lowest BCUT2D eigenvalue weighted by Crippen LogP contribution is -2.39. The van der Waals surface area contributed by atoms with Gasteiger partial charge in [0.25, 0.3) is 0 Å². The monoisotopic (exact) mass is 378 g/mol. The molecule has 0 atom stereocenters. The van der Waals surface area contributed by atoms with Crippen molar-refractivity contribution in [3.05, 3.63) is 53.6 Å². The summed E-state index contributed by atoms with van der Waals surface area (Å²) in [5, 5.41) is 2.67. The van der Waals surface area contributed by atoms with Gasteiger partial charge in [0.15, 0.2) is 23.1 Å². The largest absolute Gasteiger partial charge is 0.493 e. The predicted molar refractivity (Wildman–Crippen MR) is 95.8 cm³/mol. The highest BCUT2D eigenvalue weighted by Crippen LogP contribution is 2.27. The number of rotatable bonds is 7. The molecule has 2 aromatic carbocycles. The number of ether oxygens (including phenoxy) is 2. The number of halogens is 2. The Hall–Kier alpha value is -3.16. The van der Waals surface area contributed by atoms with Gasteiger partial charge in [-0.15, -0.1) is 0 Å². The first-order chi connectivity index (χ1) is 12.8. The first-order valence-electron chi connectivity index (χ1n) is 8.06. The van der Waals surface area contributed by atoms with Gasteiger partial charge in [-0.3, -0.25) is 9.59 Å². The molecule has 0 fully saturated rings. The predicted octanol–water partition coefficient (Wildman–Crippen LogP) is 2.65. The van der Waals surface area contributed by atoms with Gasteiger partial charge in [0, 0.05) is 25.2 Å². The van der Waals surface area contributed by atoms with Crippen molar-refractivity contribution < 1.29 is 27.8 Å². The number of methoxy groups -OCH3 is 2. The van der Waals surface area contributed by atoms with Gasteiger partial charge in [-0.25, -0.2) is 8.78 Å². The number of hydrogen-bond donors (Lipinski definition) is 1. The van der Waals surface area contributed by atoms with E-state index in [2.05, 4.69) is 5.32 Å². The van der Waals surface area contributed by atoms with Crippen LogP contribution in [0.2, 0.25) is 0 Å². The Morgan fingerprint density at radius 2 is 1.70 bits per heavy atom. The average Bonchev–Trinajstić information content (AvgIpc) is 2.66. The van der Waals surface area contributed by atoms with Crippen molar-refractivity contribution in [1.82, 2.24) is 5.32 Å². The third-order valence-electron chi connectivity index (χ3n) is 3.83. The van der Waals surface area contributed by atoms with E-state index in [1.807, 2.05) is 0 Å². The number of amides is 2. The molecule has 0 saturated heterocycles. The smallest absolute Gasteiger partial charge is 0.240 e. The zero-order chi connectivity index (χ0) is 20.0. The third kappa shape index (κ3) is 5.16. The van der Waals surface area contributed by atoms with Crippen LogP contribution in [0.4, 0.5) is 14.5 Å². The molecule has 0 aromatic heterocycles. The molecule has 144 valence electrons. The molecule has 2 rings (SSSR count). The van der Waals surface area contributed by atoms with E-state index in [0.29, 0.717) is 11.5 Å². The van der Waals surface area contributed by atoms with Crippen molar-refractivity contribution in [2.24, 2.45) is 0 Å². The van der Waals surface area contributed by atoms with Crippen LogP contribution in [-0.2, 0) is 16.1 Å². The summed E-state index contributed by atoms with van der Waals surface area (Å²) in [7, 11) is 3.03. The molecular weight excluding hydrogens is 358 g/mol. The standard InChI is InChI=1S/C19H20F2N2O4/c1-12(24)23(14-5-6-15(20)16(21)9-14)11-19(25)22-10-13-4-7-17(26-2)18(8-13)27-3/h4-9H,10-11H2,1-3H3,(H,22,25). The normalized spacial score (nSPS) is 10.3. The minimum Gasteiger partial charge on any atom is -0.493 e. The first kappa shape index (κ1) is 20.2. The number of anilines is 1. The highest BCUT2D eigenvalue weighted by molar-refractivity contribution is 5.97. The van der Waals surface area contributed by atoms with E-state index in [1.54, 1.807) is 18.2 Å². The summed E-state index contributed by atoms with van der Waals surface area (Å²) in [6, 6.07) is 8.21. The molecule has 2 aromatic rings. The van der Waals surface area contributed by atoms with E-state index >= 15 is 0 Å². The van der Waals surface area contributed by atoms with Crippen molar-refractivity contribution in [2.45, 2.75) is 13.5 Å². The number of hydrogen-bond acceptors (Lipinski definition) is 4. The van der Waals surface area contributed by atoms with Crippen LogP contribution in [0.5, 0.6) is 11.5 Å². The van der Waals surface area contributed by atoms with Gasteiger partial charge in [-0.2, -0.15) is 0 Å². The molecule has 0 aliphatic heterocycles. The van der Waals surface area contributed by atoms with Crippen molar-refractivity contribution in [2.75, 3.05) is 25.7 Å². The molecular formula is C19H20F2N2O4. The Morgan fingerprint density at radius 3 is 2.30 bits per heavy atom. The van der Waals surface area contributed by atoms with Crippen LogP contribution < -0.4 is 19.7 Å². The Balaban J connectivity index is 2.04. The molecule has 0 spiro atoms. The Labute approximate surface area is 155 Å². The van der Waals surface area contributed by atoms with Gasteiger partial charge >= 0.3 is 0 Å². The van der Waals surface area contributed by atoms with Crippen molar-refractivity contribution in [1.29, 1.82) is 0 Å². The van der Waals surface area contributed by atoms with Crippen LogP contribution in [0.3, 0.4) is 0 Å². The van der Waals surface area contributed by atoms with E-state index in [0.717, 1.165) is 22.6 Å². The summed E-state index contributed by atoms with van der Waals surface area (Å²) in [5.41, 5.74) is 0.867. The summed E-state index contributed by atoms with van der Waals surface area (Å²) in [4.78, 5) is 25.1. The lowest BCUT2D eigenvalue weighted by Gasteiger charge is -2.21. The molecule has 0 saturated carbocycles. The van der Waals surface area contributed by atoms with Gasteiger partial charge in [-0.05, 0) is 29.8 Å². The minimum absolute atomic E-state index is 0.0997. The van der Waals surface area contributed by atoms with Gasteiger partial charge in [0.1, 0.15) is 6.54 Å². The fraction of sp³-hybridized carbons (Fsp3) is 0.263.